The first-order valence-electron chi connectivity index (χ1n) is 10.0. The normalized spacial score (nSPS) is 19.0. The third-order valence-corrected chi connectivity index (χ3v) is 5.67. The zero-order valence-electron chi connectivity index (χ0n) is 16.0. The number of piperidine rings is 1. The number of carbonyl (C=O) groups is 3. The number of nitrogens with zero attached hydrogens (tertiary/aromatic N) is 2. The van der Waals surface area contributed by atoms with E-state index < -0.39 is 6.04 Å². The number of hydrogen-bond acceptors (Lipinski definition) is 3. The zero-order valence-corrected chi connectivity index (χ0v) is 16.0. The average molecular weight is 371 g/mol. The van der Waals surface area contributed by atoms with Crippen LogP contribution in [0.15, 0.2) is 30.3 Å². The fourth-order valence-corrected chi connectivity index (χ4v) is 4.04. The van der Waals surface area contributed by atoms with Crippen molar-refractivity contribution in [2.75, 3.05) is 26.2 Å². The number of rotatable bonds is 5. The van der Waals surface area contributed by atoms with Crippen molar-refractivity contribution in [1.82, 2.24) is 15.1 Å². The van der Waals surface area contributed by atoms with E-state index in [0.717, 1.165) is 38.8 Å². The van der Waals surface area contributed by atoms with E-state index in [0.29, 0.717) is 25.1 Å². The van der Waals surface area contributed by atoms with Crippen molar-refractivity contribution in [3.05, 3.63) is 35.9 Å². The summed E-state index contributed by atoms with van der Waals surface area (Å²) in [6.45, 7) is 4.71. The summed E-state index contributed by atoms with van der Waals surface area (Å²) >= 11 is 0. The number of amides is 3. The van der Waals surface area contributed by atoms with Crippen LogP contribution < -0.4 is 5.32 Å². The van der Waals surface area contributed by atoms with Crippen molar-refractivity contribution in [1.29, 1.82) is 0 Å². The van der Waals surface area contributed by atoms with Crippen LogP contribution in [0.2, 0.25) is 0 Å². The molecule has 1 aromatic carbocycles. The largest absolute Gasteiger partial charge is 0.343 e. The van der Waals surface area contributed by atoms with Crippen molar-refractivity contribution in [3.63, 3.8) is 0 Å². The Labute approximate surface area is 160 Å². The molecule has 146 valence electrons. The van der Waals surface area contributed by atoms with Gasteiger partial charge in [-0.2, -0.15) is 0 Å². The molecule has 1 atom stereocenters. The Hall–Kier alpha value is -2.37. The third kappa shape index (κ3) is 4.67. The highest BCUT2D eigenvalue weighted by Crippen LogP contribution is 2.24. The molecule has 0 radical (unpaired) electrons. The second-order valence-corrected chi connectivity index (χ2v) is 7.42. The number of likely N-dealkylation sites (tertiary alicyclic amines) is 2. The van der Waals surface area contributed by atoms with Gasteiger partial charge in [0.15, 0.2) is 0 Å². The summed E-state index contributed by atoms with van der Waals surface area (Å²) in [5.41, 5.74) is 0.565. The van der Waals surface area contributed by atoms with Crippen LogP contribution in [0.4, 0.5) is 0 Å². The molecule has 0 aromatic heterocycles. The van der Waals surface area contributed by atoms with Crippen LogP contribution in [-0.4, -0.2) is 59.7 Å². The van der Waals surface area contributed by atoms with Crippen molar-refractivity contribution in [2.24, 2.45) is 5.92 Å². The van der Waals surface area contributed by atoms with Crippen LogP contribution in [0.3, 0.4) is 0 Å². The van der Waals surface area contributed by atoms with E-state index in [2.05, 4.69) is 5.32 Å². The van der Waals surface area contributed by atoms with E-state index in [1.165, 1.54) is 0 Å². The van der Waals surface area contributed by atoms with E-state index in [-0.39, 0.29) is 23.6 Å². The van der Waals surface area contributed by atoms with Crippen molar-refractivity contribution in [2.45, 2.75) is 45.1 Å². The summed E-state index contributed by atoms with van der Waals surface area (Å²) in [5.74, 6) is 0.0353. The van der Waals surface area contributed by atoms with Crippen molar-refractivity contribution < 1.29 is 14.4 Å². The predicted molar refractivity (Wildman–Crippen MR) is 103 cm³/mol. The van der Waals surface area contributed by atoms with Gasteiger partial charge >= 0.3 is 0 Å². The smallest absolute Gasteiger partial charge is 0.251 e. The van der Waals surface area contributed by atoms with Crippen LogP contribution in [-0.2, 0) is 9.59 Å². The van der Waals surface area contributed by atoms with Crippen molar-refractivity contribution in [3.8, 4) is 0 Å². The number of nitrogens with one attached hydrogen (secondary N) is 1. The Bertz CT molecular complexity index is 663. The van der Waals surface area contributed by atoms with Gasteiger partial charge in [-0.25, -0.2) is 0 Å². The molecule has 0 bridgehead atoms. The lowest BCUT2D eigenvalue weighted by Gasteiger charge is -2.37. The molecule has 2 heterocycles. The minimum atomic E-state index is -0.519. The van der Waals surface area contributed by atoms with Crippen LogP contribution >= 0.6 is 0 Å². The molecule has 0 saturated carbocycles. The SMILES string of the molecule is CCC(=O)N1CCC([C@@H](NC(=O)c2ccccc2)C(=O)N2CCCC2)CC1. The summed E-state index contributed by atoms with van der Waals surface area (Å²) in [7, 11) is 0. The van der Waals surface area contributed by atoms with E-state index in [1.54, 1.807) is 12.1 Å². The summed E-state index contributed by atoms with van der Waals surface area (Å²) in [6, 6.07) is 8.51. The van der Waals surface area contributed by atoms with E-state index in [9.17, 15) is 14.4 Å². The highest BCUT2D eigenvalue weighted by Gasteiger charge is 2.36. The molecule has 3 amide bonds. The maximum Gasteiger partial charge on any atom is 0.251 e. The van der Waals surface area contributed by atoms with E-state index >= 15 is 0 Å². The second-order valence-electron chi connectivity index (χ2n) is 7.42. The molecule has 3 rings (SSSR count). The molecule has 27 heavy (non-hydrogen) atoms. The number of carbonyl (C=O) groups excluding carboxylic acids is 3. The Morgan fingerprint density at radius 2 is 1.63 bits per heavy atom. The molecule has 2 fully saturated rings. The minimum absolute atomic E-state index is 0.0250. The first kappa shape index (κ1) is 19.4. The van der Waals surface area contributed by atoms with Gasteiger partial charge in [-0.1, -0.05) is 25.1 Å². The summed E-state index contributed by atoms with van der Waals surface area (Å²) in [4.78, 5) is 41.5. The van der Waals surface area contributed by atoms with Gasteiger partial charge in [-0.05, 0) is 43.7 Å². The Balaban J connectivity index is 1.71. The standard InChI is InChI=1S/C21H29N3O3/c1-2-18(25)23-14-10-16(11-15-23)19(21(27)24-12-6-7-13-24)22-20(26)17-8-4-3-5-9-17/h3-5,8-9,16,19H,2,6-7,10-15H2,1H3,(H,22,26)/t19-/m1/s1. The lowest BCUT2D eigenvalue weighted by atomic mass is 9.88. The first-order chi connectivity index (χ1) is 13.1. The van der Waals surface area contributed by atoms with Crippen LogP contribution in [0.1, 0.15) is 49.4 Å². The predicted octanol–water partition coefficient (Wildman–Crippen LogP) is 2.06. The maximum atomic E-state index is 13.1. The van der Waals surface area contributed by atoms with Gasteiger partial charge in [0.05, 0.1) is 0 Å². The molecule has 0 unspecified atom stereocenters. The van der Waals surface area contributed by atoms with Gasteiger partial charge < -0.3 is 15.1 Å². The highest BCUT2D eigenvalue weighted by molar-refractivity contribution is 5.97. The van der Waals surface area contributed by atoms with Crippen LogP contribution in [0.25, 0.3) is 0 Å². The number of hydrogen-bond donors (Lipinski definition) is 1. The third-order valence-electron chi connectivity index (χ3n) is 5.67. The molecule has 1 aromatic rings. The highest BCUT2D eigenvalue weighted by atomic mass is 16.2. The van der Waals surface area contributed by atoms with Gasteiger partial charge in [-0.15, -0.1) is 0 Å². The van der Waals surface area contributed by atoms with Crippen molar-refractivity contribution >= 4 is 17.7 Å². The summed E-state index contributed by atoms with van der Waals surface area (Å²) in [6.07, 6.45) is 4.03. The number of benzene rings is 1. The second kappa shape index (κ2) is 9.02. The quantitative estimate of drug-likeness (QED) is 0.861. The zero-order chi connectivity index (χ0) is 19.2. The molecular formula is C21H29N3O3. The fourth-order valence-electron chi connectivity index (χ4n) is 4.04. The van der Waals surface area contributed by atoms with Crippen LogP contribution in [0, 0.1) is 5.92 Å². The Kier molecular flexibility index (Phi) is 6.48. The van der Waals surface area contributed by atoms with Gasteiger partial charge in [0, 0.05) is 38.2 Å². The lowest BCUT2D eigenvalue weighted by Crippen LogP contribution is -2.54. The molecule has 6 nitrogen and oxygen atoms in total. The molecule has 0 spiro atoms. The maximum absolute atomic E-state index is 13.1. The average Bonchev–Trinajstić information content (AvgIpc) is 3.26. The summed E-state index contributed by atoms with van der Waals surface area (Å²) in [5, 5.41) is 3.00. The van der Waals surface area contributed by atoms with E-state index in [4.69, 9.17) is 0 Å². The van der Waals surface area contributed by atoms with Crippen LogP contribution in [0.5, 0.6) is 0 Å². The molecular weight excluding hydrogens is 342 g/mol. The molecule has 1 N–H and O–H groups in total. The van der Waals surface area contributed by atoms with Gasteiger partial charge in [0.2, 0.25) is 11.8 Å². The monoisotopic (exact) mass is 371 g/mol. The molecule has 6 heteroatoms. The minimum Gasteiger partial charge on any atom is -0.343 e. The molecule has 2 saturated heterocycles. The molecule has 2 aliphatic heterocycles. The van der Waals surface area contributed by atoms with Gasteiger partial charge in [-0.3, -0.25) is 14.4 Å². The lowest BCUT2D eigenvalue weighted by molar-refractivity contribution is -0.135. The first-order valence-corrected chi connectivity index (χ1v) is 10.0. The van der Waals surface area contributed by atoms with Gasteiger partial charge in [0.25, 0.3) is 5.91 Å². The Morgan fingerprint density at radius 1 is 1.00 bits per heavy atom. The molecule has 0 aliphatic carbocycles. The fraction of sp³-hybridized carbons (Fsp3) is 0.571. The Morgan fingerprint density at radius 3 is 2.22 bits per heavy atom. The molecule has 2 aliphatic rings. The summed E-state index contributed by atoms with van der Waals surface area (Å²) < 4.78 is 0. The topological polar surface area (TPSA) is 69.7 Å². The van der Waals surface area contributed by atoms with Gasteiger partial charge in [0.1, 0.15) is 6.04 Å². The van der Waals surface area contributed by atoms with E-state index in [1.807, 2.05) is 34.9 Å².